The van der Waals surface area contributed by atoms with Gasteiger partial charge in [-0.05, 0) is 55.5 Å². The minimum Gasteiger partial charge on any atom is -0.379 e. The highest BCUT2D eigenvalue weighted by Crippen LogP contribution is 2.26. The van der Waals surface area contributed by atoms with E-state index in [1.165, 1.54) is 24.3 Å². The SMILES string of the molecule is CCn1c(C(=O)NCCN2CCOCC2)cc2cc(NS(=O)(=O)c3ccc(Cl)cc3)ccc21. The summed E-state index contributed by atoms with van der Waals surface area (Å²) < 4.78 is 35.3. The lowest BCUT2D eigenvalue weighted by Gasteiger charge is -2.26. The van der Waals surface area contributed by atoms with Gasteiger partial charge in [0.15, 0.2) is 0 Å². The summed E-state index contributed by atoms with van der Waals surface area (Å²) in [5, 5.41) is 4.24. The van der Waals surface area contributed by atoms with Crippen molar-refractivity contribution in [3.8, 4) is 0 Å². The van der Waals surface area contributed by atoms with Crippen molar-refractivity contribution in [2.24, 2.45) is 0 Å². The molecule has 0 radical (unpaired) electrons. The molecule has 2 heterocycles. The highest BCUT2D eigenvalue weighted by atomic mass is 35.5. The monoisotopic (exact) mass is 490 g/mol. The van der Waals surface area contributed by atoms with Crippen molar-refractivity contribution >= 4 is 44.1 Å². The van der Waals surface area contributed by atoms with Gasteiger partial charge >= 0.3 is 0 Å². The standard InChI is InChI=1S/C23H27ClN4O4S/c1-2-28-21-8-5-19(26-33(30,31)20-6-3-18(24)4-7-20)15-17(21)16-22(28)23(29)25-9-10-27-11-13-32-14-12-27/h3-8,15-16,26H,2,9-14H2,1H3,(H,25,29). The van der Waals surface area contributed by atoms with Gasteiger partial charge in [-0.15, -0.1) is 0 Å². The number of rotatable bonds is 8. The lowest BCUT2D eigenvalue weighted by atomic mass is 10.2. The maximum Gasteiger partial charge on any atom is 0.267 e. The molecule has 176 valence electrons. The van der Waals surface area contributed by atoms with Crippen LogP contribution in [0.4, 0.5) is 5.69 Å². The van der Waals surface area contributed by atoms with Gasteiger partial charge in [0, 0.05) is 54.3 Å². The number of fused-ring (bicyclic) bond motifs is 1. The van der Waals surface area contributed by atoms with Crippen LogP contribution in [0.5, 0.6) is 0 Å². The van der Waals surface area contributed by atoms with Gasteiger partial charge in [-0.1, -0.05) is 11.6 Å². The normalized spacial score (nSPS) is 15.0. The van der Waals surface area contributed by atoms with Gasteiger partial charge in [-0.25, -0.2) is 8.42 Å². The molecule has 1 amide bonds. The summed E-state index contributed by atoms with van der Waals surface area (Å²) in [6, 6.07) is 13.0. The molecule has 1 aromatic heterocycles. The van der Waals surface area contributed by atoms with Crippen LogP contribution in [0.15, 0.2) is 53.4 Å². The Kier molecular flexibility index (Phi) is 7.23. The molecule has 33 heavy (non-hydrogen) atoms. The molecule has 0 saturated carbocycles. The van der Waals surface area contributed by atoms with E-state index in [1.807, 2.05) is 17.6 Å². The van der Waals surface area contributed by atoms with Crippen LogP contribution in [-0.4, -0.2) is 63.2 Å². The summed E-state index contributed by atoms with van der Waals surface area (Å²) in [5.41, 5.74) is 1.84. The molecule has 10 heteroatoms. The Labute approximate surface area is 198 Å². The summed E-state index contributed by atoms with van der Waals surface area (Å²) in [6.45, 7) is 7.12. The number of carbonyl (C=O) groups is 1. The number of anilines is 1. The topological polar surface area (TPSA) is 92.7 Å². The van der Waals surface area contributed by atoms with Crippen molar-refractivity contribution in [2.45, 2.75) is 18.4 Å². The molecule has 1 aliphatic rings. The largest absolute Gasteiger partial charge is 0.379 e. The number of carbonyl (C=O) groups excluding carboxylic acids is 1. The second-order valence-corrected chi connectivity index (χ2v) is 9.94. The molecule has 0 unspecified atom stereocenters. The lowest BCUT2D eigenvalue weighted by molar-refractivity contribution is 0.0383. The second-order valence-electron chi connectivity index (χ2n) is 7.82. The minimum atomic E-state index is -3.76. The molecule has 0 bridgehead atoms. The molecule has 3 aromatic rings. The quantitative estimate of drug-likeness (QED) is 0.506. The van der Waals surface area contributed by atoms with E-state index < -0.39 is 10.0 Å². The highest BCUT2D eigenvalue weighted by molar-refractivity contribution is 7.92. The highest BCUT2D eigenvalue weighted by Gasteiger charge is 2.18. The van der Waals surface area contributed by atoms with Gasteiger partial charge in [0.05, 0.1) is 18.1 Å². The van der Waals surface area contributed by atoms with Crippen molar-refractivity contribution in [3.63, 3.8) is 0 Å². The Morgan fingerprint density at radius 2 is 1.82 bits per heavy atom. The number of amides is 1. The molecule has 2 N–H and O–H groups in total. The van der Waals surface area contributed by atoms with Crippen molar-refractivity contribution in [1.82, 2.24) is 14.8 Å². The fourth-order valence-electron chi connectivity index (χ4n) is 3.93. The Bertz CT molecular complexity index is 1240. The molecule has 8 nitrogen and oxygen atoms in total. The zero-order valence-electron chi connectivity index (χ0n) is 18.4. The van der Waals surface area contributed by atoms with Gasteiger partial charge in [-0.2, -0.15) is 0 Å². The van der Waals surface area contributed by atoms with Crippen LogP contribution >= 0.6 is 11.6 Å². The van der Waals surface area contributed by atoms with Crippen LogP contribution in [0, 0.1) is 0 Å². The summed E-state index contributed by atoms with van der Waals surface area (Å²) in [5.74, 6) is -0.149. The average molecular weight is 491 g/mol. The van der Waals surface area contributed by atoms with Crippen molar-refractivity contribution in [1.29, 1.82) is 0 Å². The number of sulfonamides is 1. The number of morpholine rings is 1. The molecule has 4 rings (SSSR count). The van der Waals surface area contributed by atoms with E-state index in [-0.39, 0.29) is 10.8 Å². The third kappa shape index (κ3) is 5.50. The first-order chi connectivity index (χ1) is 15.9. The number of nitrogens with one attached hydrogen (secondary N) is 2. The van der Waals surface area contributed by atoms with E-state index in [0.717, 1.165) is 43.8 Å². The van der Waals surface area contributed by atoms with E-state index in [9.17, 15) is 13.2 Å². The zero-order chi connectivity index (χ0) is 23.4. The van der Waals surface area contributed by atoms with E-state index in [1.54, 1.807) is 18.2 Å². The number of aromatic nitrogens is 1. The molecule has 0 aliphatic carbocycles. The fourth-order valence-corrected chi connectivity index (χ4v) is 5.11. The number of hydrogen-bond acceptors (Lipinski definition) is 5. The Morgan fingerprint density at radius 1 is 1.09 bits per heavy atom. The number of halogens is 1. The molecular weight excluding hydrogens is 464 g/mol. The summed E-state index contributed by atoms with van der Waals surface area (Å²) in [6.07, 6.45) is 0. The Hall–Kier alpha value is -2.59. The third-order valence-corrected chi connectivity index (χ3v) is 7.29. The van der Waals surface area contributed by atoms with Crippen LogP contribution in [0.1, 0.15) is 17.4 Å². The van der Waals surface area contributed by atoms with Crippen molar-refractivity contribution in [3.05, 3.63) is 59.2 Å². The predicted octanol–water partition coefficient (Wildman–Crippen LogP) is 3.18. The van der Waals surface area contributed by atoms with Crippen molar-refractivity contribution in [2.75, 3.05) is 44.1 Å². The summed E-state index contributed by atoms with van der Waals surface area (Å²) in [7, 11) is -3.76. The van der Waals surface area contributed by atoms with Gasteiger partial charge in [0.1, 0.15) is 5.69 Å². The fraction of sp³-hybridized carbons (Fsp3) is 0.348. The summed E-state index contributed by atoms with van der Waals surface area (Å²) >= 11 is 5.86. The van der Waals surface area contributed by atoms with Crippen LogP contribution < -0.4 is 10.0 Å². The average Bonchev–Trinajstić information content (AvgIpc) is 3.17. The van der Waals surface area contributed by atoms with E-state index in [0.29, 0.717) is 29.5 Å². The van der Waals surface area contributed by atoms with E-state index >= 15 is 0 Å². The minimum absolute atomic E-state index is 0.124. The number of benzene rings is 2. The molecular formula is C23H27ClN4O4S. The van der Waals surface area contributed by atoms with Gasteiger partial charge in [-0.3, -0.25) is 14.4 Å². The van der Waals surface area contributed by atoms with E-state index in [2.05, 4.69) is 14.9 Å². The van der Waals surface area contributed by atoms with E-state index in [4.69, 9.17) is 16.3 Å². The molecule has 2 aromatic carbocycles. The maximum absolute atomic E-state index is 12.9. The number of nitrogens with zero attached hydrogens (tertiary/aromatic N) is 2. The first kappa shape index (κ1) is 23.6. The molecule has 0 spiro atoms. The molecule has 1 saturated heterocycles. The lowest BCUT2D eigenvalue weighted by Crippen LogP contribution is -2.41. The molecule has 0 atom stereocenters. The first-order valence-electron chi connectivity index (χ1n) is 10.9. The number of aryl methyl sites for hydroxylation is 1. The Balaban J connectivity index is 1.50. The summed E-state index contributed by atoms with van der Waals surface area (Å²) in [4.78, 5) is 15.3. The van der Waals surface area contributed by atoms with Crippen LogP contribution in [0.3, 0.4) is 0 Å². The van der Waals surface area contributed by atoms with Gasteiger partial charge in [0.2, 0.25) is 0 Å². The smallest absolute Gasteiger partial charge is 0.267 e. The predicted molar refractivity (Wildman–Crippen MR) is 129 cm³/mol. The van der Waals surface area contributed by atoms with Crippen molar-refractivity contribution < 1.29 is 17.9 Å². The maximum atomic E-state index is 12.9. The number of hydrogen-bond donors (Lipinski definition) is 2. The van der Waals surface area contributed by atoms with Crippen LogP contribution in [0.25, 0.3) is 10.9 Å². The molecule has 1 aliphatic heterocycles. The zero-order valence-corrected chi connectivity index (χ0v) is 20.0. The van der Waals surface area contributed by atoms with Gasteiger partial charge in [0.25, 0.3) is 15.9 Å². The Morgan fingerprint density at radius 3 is 2.52 bits per heavy atom. The first-order valence-corrected chi connectivity index (χ1v) is 12.7. The number of ether oxygens (including phenoxy) is 1. The third-order valence-electron chi connectivity index (χ3n) is 5.64. The van der Waals surface area contributed by atoms with Crippen LogP contribution in [0.2, 0.25) is 5.02 Å². The second kappa shape index (κ2) is 10.1. The van der Waals surface area contributed by atoms with Crippen LogP contribution in [-0.2, 0) is 21.3 Å². The van der Waals surface area contributed by atoms with Gasteiger partial charge < -0.3 is 14.6 Å². The molecule has 1 fully saturated rings.